The topological polar surface area (TPSA) is 88.5 Å². The number of benzene rings is 3. The summed E-state index contributed by atoms with van der Waals surface area (Å²) in [6, 6.07) is 18.0. The average Bonchev–Trinajstić information content (AvgIpc) is 3.40. The number of hydrogen-bond acceptors (Lipinski definition) is 6. The first-order valence-electron chi connectivity index (χ1n) is 12.7. The number of para-hydroxylation sites is 1. The minimum Gasteiger partial charge on any atom is -0.324 e. The molecular weight excluding hydrogens is 691 g/mol. The van der Waals surface area contributed by atoms with E-state index in [-0.39, 0.29) is 0 Å². The standard InChI is InChI=1S/C29H18BrClF3N3O4S2/c30-15-7-11-17(12-8-15)37-25(39)22-21(14-5-9-16(31)10-6-14)24-27(42-23(22)26(37)40)36(28(41)43-24)13-20(38)35-19-4-2-1-3-18(19)29(32,33)34/h1-12,21-23H,13H2,(H,35,38)/t21-,22?,23?/m1/s1. The van der Waals surface area contributed by atoms with Crippen LogP contribution in [0.1, 0.15) is 21.9 Å². The van der Waals surface area contributed by atoms with Crippen molar-refractivity contribution in [2.75, 3.05) is 10.2 Å². The van der Waals surface area contributed by atoms with Gasteiger partial charge in [0.05, 0.1) is 27.9 Å². The molecule has 1 fully saturated rings. The van der Waals surface area contributed by atoms with Gasteiger partial charge in [-0.05, 0) is 54.1 Å². The Kier molecular flexibility index (Phi) is 7.78. The van der Waals surface area contributed by atoms with Crippen LogP contribution in [-0.2, 0) is 27.1 Å². The zero-order chi connectivity index (χ0) is 30.6. The van der Waals surface area contributed by atoms with Crippen molar-refractivity contribution in [3.8, 4) is 0 Å². The summed E-state index contributed by atoms with van der Waals surface area (Å²) in [5.41, 5.74) is -0.417. The largest absolute Gasteiger partial charge is 0.418 e. The van der Waals surface area contributed by atoms with Crippen LogP contribution in [0, 0.1) is 5.92 Å². The third-order valence-electron chi connectivity index (χ3n) is 7.17. The van der Waals surface area contributed by atoms with Crippen molar-refractivity contribution in [1.29, 1.82) is 0 Å². The summed E-state index contributed by atoms with van der Waals surface area (Å²) < 4.78 is 42.4. The number of anilines is 2. The fourth-order valence-electron chi connectivity index (χ4n) is 5.30. The first kappa shape index (κ1) is 29.7. The van der Waals surface area contributed by atoms with Gasteiger partial charge in [0.1, 0.15) is 11.8 Å². The number of carbonyl (C=O) groups excluding carboxylic acids is 3. The number of thioether (sulfide) groups is 1. The summed E-state index contributed by atoms with van der Waals surface area (Å²) in [7, 11) is 0. The molecule has 2 aliphatic heterocycles. The highest BCUT2D eigenvalue weighted by Crippen LogP contribution is 2.54. The van der Waals surface area contributed by atoms with Crippen molar-refractivity contribution in [2.24, 2.45) is 5.92 Å². The van der Waals surface area contributed by atoms with Gasteiger partial charge in [-0.1, -0.05) is 74.9 Å². The summed E-state index contributed by atoms with van der Waals surface area (Å²) in [5, 5.41) is 2.11. The van der Waals surface area contributed by atoms with E-state index < -0.39 is 63.7 Å². The van der Waals surface area contributed by atoms with Gasteiger partial charge in [-0.25, -0.2) is 4.90 Å². The van der Waals surface area contributed by atoms with Crippen LogP contribution < -0.4 is 15.1 Å². The van der Waals surface area contributed by atoms with E-state index in [1.807, 2.05) is 0 Å². The van der Waals surface area contributed by atoms with Gasteiger partial charge in [0.25, 0.3) is 0 Å². The van der Waals surface area contributed by atoms with Crippen molar-refractivity contribution in [3.63, 3.8) is 0 Å². The SMILES string of the molecule is O=C(Cn1c2c(sc1=O)[C@H](c1ccc(Cl)cc1)C1C(=O)N(c3ccc(Br)cc3)C(=O)C1S2)Nc1ccccc1C(F)(F)F. The normalized spacial score (nSPS) is 19.7. The number of imide groups is 1. The molecule has 0 radical (unpaired) electrons. The maximum atomic E-state index is 13.9. The molecule has 14 heteroatoms. The number of nitrogens with zero attached hydrogens (tertiary/aromatic N) is 2. The number of amides is 3. The molecule has 1 saturated heterocycles. The Hall–Kier alpha value is -3.39. The fraction of sp³-hybridized carbons (Fsp3) is 0.172. The van der Waals surface area contributed by atoms with Gasteiger partial charge < -0.3 is 5.32 Å². The van der Waals surface area contributed by atoms with E-state index in [0.717, 1.165) is 49.2 Å². The number of thiazole rings is 1. The summed E-state index contributed by atoms with van der Waals surface area (Å²) in [4.78, 5) is 55.0. The second-order valence-electron chi connectivity index (χ2n) is 9.80. The van der Waals surface area contributed by atoms with Gasteiger partial charge >= 0.3 is 11.0 Å². The lowest BCUT2D eigenvalue weighted by Crippen LogP contribution is -2.33. The maximum absolute atomic E-state index is 13.9. The van der Waals surface area contributed by atoms with Crippen LogP contribution in [0.15, 0.2) is 87.1 Å². The Morgan fingerprint density at radius 2 is 1.63 bits per heavy atom. The highest BCUT2D eigenvalue weighted by molar-refractivity contribution is 9.10. The number of nitrogens with one attached hydrogen (secondary N) is 1. The maximum Gasteiger partial charge on any atom is 0.418 e. The molecule has 3 atom stereocenters. The zero-order valence-corrected chi connectivity index (χ0v) is 25.6. The Bertz CT molecular complexity index is 1830. The molecule has 7 nitrogen and oxygen atoms in total. The predicted octanol–water partition coefficient (Wildman–Crippen LogP) is 6.78. The summed E-state index contributed by atoms with van der Waals surface area (Å²) >= 11 is 11.3. The van der Waals surface area contributed by atoms with E-state index in [1.54, 1.807) is 48.5 Å². The lowest BCUT2D eigenvalue weighted by Gasteiger charge is -2.30. The van der Waals surface area contributed by atoms with Crippen LogP contribution in [0.25, 0.3) is 0 Å². The van der Waals surface area contributed by atoms with Crippen LogP contribution in [0.4, 0.5) is 24.5 Å². The lowest BCUT2D eigenvalue weighted by atomic mass is 9.83. The molecule has 4 aromatic rings. The van der Waals surface area contributed by atoms with Gasteiger partial charge in [-0.15, -0.1) is 0 Å². The van der Waals surface area contributed by atoms with Gasteiger partial charge in [0.2, 0.25) is 17.7 Å². The third-order valence-corrected chi connectivity index (χ3v) is 10.6. The first-order valence-corrected chi connectivity index (χ1v) is 15.6. The molecule has 3 amide bonds. The number of halogens is 5. The number of carbonyl (C=O) groups is 3. The van der Waals surface area contributed by atoms with Crippen molar-refractivity contribution in [3.05, 3.63) is 108 Å². The summed E-state index contributed by atoms with van der Waals surface area (Å²) in [6.45, 7) is -0.590. The minimum absolute atomic E-state index is 0.314. The van der Waals surface area contributed by atoms with Crippen molar-refractivity contribution in [1.82, 2.24) is 4.57 Å². The molecule has 1 aromatic heterocycles. The monoisotopic (exact) mass is 707 g/mol. The molecule has 43 heavy (non-hydrogen) atoms. The van der Waals surface area contributed by atoms with Crippen LogP contribution in [0.3, 0.4) is 0 Å². The summed E-state index contributed by atoms with van der Waals surface area (Å²) in [6.07, 6.45) is -4.70. The number of hydrogen-bond donors (Lipinski definition) is 1. The van der Waals surface area contributed by atoms with E-state index in [4.69, 9.17) is 11.6 Å². The molecule has 3 heterocycles. The van der Waals surface area contributed by atoms with Crippen molar-refractivity contribution in [2.45, 2.75) is 28.9 Å². The molecule has 0 bridgehead atoms. The number of alkyl halides is 3. The average molecular weight is 709 g/mol. The number of fused-ring (bicyclic) bond motifs is 2. The van der Waals surface area contributed by atoms with E-state index in [1.165, 1.54) is 12.1 Å². The molecule has 1 N–H and O–H groups in total. The number of rotatable bonds is 5. The molecule has 0 spiro atoms. The first-order chi connectivity index (χ1) is 20.4. The van der Waals surface area contributed by atoms with Crippen molar-refractivity contribution >= 4 is 79.7 Å². The van der Waals surface area contributed by atoms with Crippen LogP contribution >= 0.6 is 50.6 Å². The highest BCUT2D eigenvalue weighted by Gasteiger charge is 2.56. The Morgan fingerprint density at radius 3 is 2.30 bits per heavy atom. The highest BCUT2D eigenvalue weighted by atomic mass is 79.9. The molecular formula is C29H18BrClF3N3O4S2. The van der Waals surface area contributed by atoms with Crippen LogP contribution in [0.2, 0.25) is 5.02 Å². The van der Waals surface area contributed by atoms with E-state index in [9.17, 15) is 32.3 Å². The van der Waals surface area contributed by atoms with Crippen molar-refractivity contribution < 1.29 is 27.6 Å². The van der Waals surface area contributed by atoms with E-state index in [2.05, 4.69) is 21.2 Å². The third kappa shape index (κ3) is 5.43. The fourth-order valence-corrected chi connectivity index (χ4v) is 8.47. The van der Waals surface area contributed by atoms with E-state index >= 15 is 0 Å². The minimum atomic E-state index is -4.70. The Balaban J connectivity index is 1.39. The predicted molar refractivity (Wildman–Crippen MR) is 162 cm³/mol. The second kappa shape index (κ2) is 11.3. The zero-order valence-electron chi connectivity index (χ0n) is 21.6. The molecule has 3 aromatic carbocycles. The Labute approximate surface area is 263 Å². The summed E-state index contributed by atoms with van der Waals surface area (Å²) in [5.74, 6) is -3.31. The lowest BCUT2D eigenvalue weighted by molar-refractivity contribution is -0.137. The molecule has 6 rings (SSSR count). The van der Waals surface area contributed by atoms with Gasteiger partial charge in [0, 0.05) is 20.3 Å². The molecule has 0 saturated carbocycles. The smallest absolute Gasteiger partial charge is 0.324 e. The number of aromatic nitrogens is 1. The molecule has 2 aliphatic rings. The van der Waals surface area contributed by atoms with E-state index in [0.29, 0.717) is 26.2 Å². The molecule has 0 aliphatic carbocycles. The van der Waals surface area contributed by atoms with Gasteiger partial charge in [-0.2, -0.15) is 13.2 Å². The van der Waals surface area contributed by atoms with Crippen LogP contribution in [-0.4, -0.2) is 27.5 Å². The second-order valence-corrected chi connectivity index (χ2v) is 13.3. The van der Waals surface area contributed by atoms with Gasteiger partial charge in [-0.3, -0.25) is 23.7 Å². The molecule has 2 unspecified atom stereocenters. The van der Waals surface area contributed by atoms with Gasteiger partial charge in [0.15, 0.2) is 0 Å². The van der Waals surface area contributed by atoms with Crippen LogP contribution in [0.5, 0.6) is 0 Å². The Morgan fingerprint density at radius 1 is 0.953 bits per heavy atom. The molecule has 220 valence electrons. The quantitative estimate of drug-likeness (QED) is 0.231.